The number of carbonyl (C=O) groups excluding carboxylic acids is 1. The Labute approximate surface area is 159 Å². The zero-order valence-corrected chi connectivity index (χ0v) is 16.1. The number of imidazole rings is 1. The van der Waals surface area contributed by atoms with Gasteiger partial charge in [-0.1, -0.05) is 0 Å². The summed E-state index contributed by atoms with van der Waals surface area (Å²) in [6, 6.07) is 5.50. The summed E-state index contributed by atoms with van der Waals surface area (Å²) in [5.74, 6) is 1.83. The predicted octanol–water partition coefficient (Wildman–Crippen LogP) is 3.50. The van der Waals surface area contributed by atoms with Crippen LogP contribution in [0.5, 0.6) is 11.5 Å². The number of esters is 1. The molecule has 0 radical (unpaired) electrons. The number of ether oxygens (including phenoxy) is 3. The number of hydrogen-bond donors (Lipinski definition) is 0. The highest BCUT2D eigenvalue weighted by Gasteiger charge is 2.32. The van der Waals surface area contributed by atoms with Crippen molar-refractivity contribution in [1.29, 1.82) is 0 Å². The number of benzene rings is 1. The molecule has 0 atom stereocenters. The second kappa shape index (κ2) is 7.83. The van der Waals surface area contributed by atoms with Gasteiger partial charge in [0.05, 0.1) is 6.61 Å². The normalized spacial score (nSPS) is 13.0. The van der Waals surface area contributed by atoms with Crippen LogP contribution in [0.4, 0.5) is 0 Å². The van der Waals surface area contributed by atoms with Crippen LogP contribution in [0.2, 0.25) is 0 Å². The smallest absolute Gasteiger partial charge is 0.349 e. The highest BCUT2D eigenvalue weighted by Crippen LogP contribution is 2.33. The highest BCUT2D eigenvalue weighted by molar-refractivity contribution is 5.85. The van der Waals surface area contributed by atoms with Gasteiger partial charge in [0.25, 0.3) is 0 Å². The molecule has 0 fully saturated rings. The number of halogens is 1. The Bertz CT molecular complexity index is 827. The number of aryl methyl sites for hydroxylation is 1. The second-order valence-corrected chi connectivity index (χ2v) is 6.35. The molecule has 26 heavy (non-hydrogen) atoms. The van der Waals surface area contributed by atoms with E-state index >= 15 is 0 Å². The molecule has 2 aromatic rings. The molecular formula is C19H23ClN2O4. The lowest BCUT2D eigenvalue weighted by Crippen LogP contribution is -2.39. The zero-order valence-electron chi connectivity index (χ0n) is 15.3. The van der Waals surface area contributed by atoms with Gasteiger partial charge in [0, 0.05) is 30.6 Å². The van der Waals surface area contributed by atoms with E-state index in [-0.39, 0.29) is 12.4 Å². The molecule has 1 aromatic carbocycles. The number of nitrogens with zero attached hydrogens (tertiary/aromatic N) is 2. The van der Waals surface area contributed by atoms with Gasteiger partial charge < -0.3 is 18.8 Å². The largest absolute Gasteiger partial charge is 0.488 e. The van der Waals surface area contributed by atoms with E-state index < -0.39 is 11.6 Å². The molecule has 0 N–H and O–H groups in total. The zero-order chi connectivity index (χ0) is 18.0. The lowest BCUT2D eigenvalue weighted by molar-refractivity contribution is -0.158. The molecule has 0 saturated carbocycles. The van der Waals surface area contributed by atoms with Gasteiger partial charge in [-0.2, -0.15) is 0 Å². The molecular weight excluding hydrogens is 356 g/mol. The van der Waals surface area contributed by atoms with E-state index in [0.29, 0.717) is 19.0 Å². The first-order valence-electron chi connectivity index (χ1n) is 8.22. The molecule has 0 amide bonds. The number of fused-ring (bicyclic) bond motifs is 1. The number of carbonyl (C=O) groups is 1. The van der Waals surface area contributed by atoms with Crippen molar-refractivity contribution in [1.82, 2.24) is 9.55 Å². The van der Waals surface area contributed by atoms with Gasteiger partial charge in [0.1, 0.15) is 23.9 Å². The van der Waals surface area contributed by atoms with Crippen LogP contribution in [0.3, 0.4) is 0 Å². The first-order chi connectivity index (χ1) is 11.9. The summed E-state index contributed by atoms with van der Waals surface area (Å²) in [5.41, 5.74) is 0.814. The third-order valence-corrected chi connectivity index (χ3v) is 3.94. The predicted molar refractivity (Wildman–Crippen MR) is 102 cm³/mol. The molecule has 1 aliphatic rings. The summed E-state index contributed by atoms with van der Waals surface area (Å²) in [6.45, 7) is 5.94. The lowest BCUT2D eigenvalue weighted by atomic mass is 10.1. The van der Waals surface area contributed by atoms with Gasteiger partial charge in [-0.3, -0.25) is 0 Å². The standard InChI is InChI=1S/C19H22N2O4.ClH/c1-5-23-18(22)19(2,3)25-15-6-7-16-13(11-15)10-14(12-24-16)17-20-8-9-21(17)4;/h6-11H,5,12H2,1-4H3;1H. The topological polar surface area (TPSA) is 62.6 Å². The molecule has 2 heterocycles. The van der Waals surface area contributed by atoms with Crippen LogP contribution >= 0.6 is 12.4 Å². The van der Waals surface area contributed by atoms with Crippen LogP contribution in [0.25, 0.3) is 11.6 Å². The Morgan fingerprint density at radius 3 is 2.81 bits per heavy atom. The molecule has 6 nitrogen and oxygen atoms in total. The third-order valence-electron chi connectivity index (χ3n) is 3.94. The average molecular weight is 379 g/mol. The molecule has 140 valence electrons. The number of hydrogen-bond acceptors (Lipinski definition) is 5. The van der Waals surface area contributed by atoms with E-state index in [0.717, 1.165) is 22.7 Å². The van der Waals surface area contributed by atoms with E-state index in [1.807, 2.05) is 36.0 Å². The average Bonchev–Trinajstić information content (AvgIpc) is 3.00. The van der Waals surface area contributed by atoms with Crippen molar-refractivity contribution in [2.75, 3.05) is 13.2 Å². The maximum atomic E-state index is 12.0. The SMILES string of the molecule is CCOC(=O)C(C)(C)Oc1ccc2c(c1)C=C(c1nccn1C)CO2.Cl. The molecule has 0 unspecified atom stereocenters. The summed E-state index contributed by atoms with van der Waals surface area (Å²) < 4.78 is 18.7. The Hall–Kier alpha value is -2.47. The minimum atomic E-state index is -1.06. The quantitative estimate of drug-likeness (QED) is 0.745. The maximum Gasteiger partial charge on any atom is 0.349 e. The van der Waals surface area contributed by atoms with Crippen LogP contribution in [-0.2, 0) is 16.6 Å². The Balaban J connectivity index is 0.00000243. The van der Waals surface area contributed by atoms with Crippen LogP contribution in [0, 0.1) is 0 Å². The van der Waals surface area contributed by atoms with Gasteiger partial charge in [0.15, 0.2) is 5.60 Å². The summed E-state index contributed by atoms with van der Waals surface area (Å²) in [6.07, 6.45) is 5.69. The fraction of sp³-hybridized carbons (Fsp3) is 0.368. The first-order valence-corrected chi connectivity index (χ1v) is 8.22. The van der Waals surface area contributed by atoms with Gasteiger partial charge in [-0.25, -0.2) is 9.78 Å². The summed E-state index contributed by atoms with van der Waals surface area (Å²) in [7, 11) is 1.94. The van der Waals surface area contributed by atoms with E-state index in [1.165, 1.54) is 0 Å². The maximum absolute atomic E-state index is 12.0. The Morgan fingerprint density at radius 1 is 1.38 bits per heavy atom. The molecule has 1 aromatic heterocycles. The van der Waals surface area contributed by atoms with E-state index in [1.54, 1.807) is 33.0 Å². The van der Waals surface area contributed by atoms with Gasteiger partial charge in [-0.15, -0.1) is 12.4 Å². The third kappa shape index (κ3) is 4.02. The molecule has 3 rings (SSSR count). The van der Waals surface area contributed by atoms with Crippen LogP contribution in [0.15, 0.2) is 30.6 Å². The van der Waals surface area contributed by atoms with Crippen molar-refractivity contribution < 1.29 is 19.0 Å². The second-order valence-electron chi connectivity index (χ2n) is 6.35. The summed E-state index contributed by atoms with van der Waals surface area (Å²) in [5, 5.41) is 0. The fourth-order valence-corrected chi connectivity index (χ4v) is 2.66. The molecule has 0 aliphatic carbocycles. The summed E-state index contributed by atoms with van der Waals surface area (Å²) in [4.78, 5) is 16.4. The molecule has 1 aliphatic heterocycles. The van der Waals surface area contributed by atoms with Gasteiger partial charge in [-0.05, 0) is 45.0 Å². The monoisotopic (exact) mass is 378 g/mol. The van der Waals surface area contributed by atoms with Crippen molar-refractivity contribution in [3.05, 3.63) is 42.0 Å². The molecule has 0 bridgehead atoms. The molecule has 0 spiro atoms. The highest BCUT2D eigenvalue weighted by atomic mass is 35.5. The van der Waals surface area contributed by atoms with Crippen molar-refractivity contribution in [2.45, 2.75) is 26.4 Å². The summed E-state index contributed by atoms with van der Waals surface area (Å²) >= 11 is 0. The Kier molecular flexibility index (Phi) is 5.97. The van der Waals surface area contributed by atoms with Crippen molar-refractivity contribution in [3.8, 4) is 11.5 Å². The van der Waals surface area contributed by atoms with Crippen molar-refractivity contribution in [2.24, 2.45) is 7.05 Å². The number of aromatic nitrogens is 2. The number of rotatable bonds is 5. The van der Waals surface area contributed by atoms with Gasteiger partial charge >= 0.3 is 5.97 Å². The molecule has 0 saturated heterocycles. The van der Waals surface area contributed by atoms with Crippen molar-refractivity contribution in [3.63, 3.8) is 0 Å². The van der Waals surface area contributed by atoms with E-state index in [2.05, 4.69) is 4.98 Å². The van der Waals surface area contributed by atoms with E-state index in [4.69, 9.17) is 14.2 Å². The minimum absolute atomic E-state index is 0. The fourth-order valence-electron chi connectivity index (χ4n) is 2.66. The van der Waals surface area contributed by atoms with Crippen LogP contribution in [-0.4, -0.2) is 34.3 Å². The van der Waals surface area contributed by atoms with Gasteiger partial charge in [0.2, 0.25) is 0 Å². The first kappa shape index (κ1) is 19.8. The molecule has 7 heteroatoms. The Morgan fingerprint density at radius 2 is 2.15 bits per heavy atom. The van der Waals surface area contributed by atoms with Crippen LogP contribution < -0.4 is 9.47 Å². The van der Waals surface area contributed by atoms with E-state index in [9.17, 15) is 4.79 Å². The van der Waals surface area contributed by atoms with Crippen LogP contribution in [0.1, 0.15) is 32.2 Å². The lowest BCUT2D eigenvalue weighted by Gasteiger charge is -2.25. The van der Waals surface area contributed by atoms with Crippen molar-refractivity contribution >= 4 is 30.0 Å². The minimum Gasteiger partial charge on any atom is -0.488 e.